The minimum Gasteiger partial charge on any atom is -0.394 e. The second-order valence-corrected chi connectivity index (χ2v) is 6.48. The summed E-state index contributed by atoms with van der Waals surface area (Å²) in [6, 6.07) is 15.6. The Morgan fingerprint density at radius 1 is 1.19 bits per heavy atom. The summed E-state index contributed by atoms with van der Waals surface area (Å²) in [6.07, 6.45) is 0. The predicted molar refractivity (Wildman–Crippen MR) is 103 cm³/mol. The molecule has 0 saturated heterocycles. The Labute approximate surface area is 160 Å². The summed E-state index contributed by atoms with van der Waals surface area (Å²) in [4.78, 5) is 25.3. The zero-order valence-electron chi connectivity index (χ0n) is 14.7. The lowest BCUT2D eigenvalue weighted by molar-refractivity contribution is -0.122. The molecule has 0 fully saturated rings. The van der Waals surface area contributed by atoms with Crippen molar-refractivity contribution in [2.75, 3.05) is 6.61 Å². The number of para-hydroxylation sites is 1. The van der Waals surface area contributed by atoms with Crippen molar-refractivity contribution < 1.29 is 9.90 Å². The summed E-state index contributed by atoms with van der Waals surface area (Å²) in [6.45, 7) is 1.26. The van der Waals surface area contributed by atoms with Crippen molar-refractivity contribution in [3.8, 4) is 17.1 Å². The van der Waals surface area contributed by atoms with E-state index in [1.165, 1.54) is 9.25 Å². The number of hydrogen-bond acceptors (Lipinski definition) is 4. The van der Waals surface area contributed by atoms with Gasteiger partial charge >= 0.3 is 5.69 Å². The summed E-state index contributed by atoms with van der Waals surface area (Å²) in [5, 5.41) is 16.5. The molecule has 1 unspecified atom stereocenters. The summed E-state index contributed by atoms with van der Waals surface area (Å²) in [5.41, 5.74) is 0.654. The van der Waals surface area contributed by atoms with Gasteiger partial charge in [-0.15, -0.1) is 5.10 Å². The zero-order chi connectivity index (χ0) is 19.4. The van der Waals surface area contributed by atoms with Crippen LogP contribution in [0.15, 0.2) is 59.4 Å². The highest BCUT2D eigenvalue weighted by Crippen LogP contribution is 2.20. The molecular formula is C19H19ClN4O3. The number of aromatic nitrogens is 3. The minimum atomic E-state index is -0.478. The molecule has 0 aliphatic rings. The van der Waals surface area contributed by atoms with Crippen LogP contribution in [0.2, 0.25) is 5.02 Å². The van der Waals surface area contributed by atoms with Crippen LogP contribution in [0.1, 0.15) is 6.92 Å². The first kappa shape index (κ1) is 18.9. The molecule has 0 aliphatic carbocycles. The zero-order valence-corrected chi connectivity index (χ0v) is 15.4. The van der Waals surface area contributed by atoms with E-state index in [1.54, 1.807) is 31.2 Å². The van der Waals surface area contributed by atoms with Crippen LogP contribution in [-0.4, -0.2) is 38.0 Å². The Hall–Kier alpha value is -2.90. The number of carbonyl (C=O) groups is 1. The van der Waals surface area contributed by atoms with Crippen LogP contribution in [0.4, 0.5) is 0 Å². The lowest BCUT2D eigenvalue weighted by Gasteiger charge is -2.11. The van der Waals surface area contributed by atoms with Gasteiger partial charge in [0.05, 0.1) is 17.3 Å². The van der Waals surface area contributed by atoms with Gasteiger partial charge in [-0.2, -0.15) is 4.68 Å². The number of nitrogens with zero attached hydrogens (tertiary/aromatic N) is 3. The molecule has 7 nitrogen and oxygen atoms in total. The van der Waals surface area contributed by atoms with Gasteiger partial charge in [-0.1, -0.05) is 54.1 Å². The molecule has 1 aromatic heterocycles. The van der Waals surface area contributed by atoms with Gasteiger partial charge in [0.2, 0.25) is 5.91 Å². The number of halogens is 1. The average Bonchev–Trinajstić information content (AvgIpc) is 2.99. The fourth-order valence-electron chi connectivity index (χ4n) is 2.63. The number of aliphatic hydroxyl groups is 1. The molecule has 0 radical (unpaired) electrons. The molecule has 1 atom stereocenters. The summed E-state index contributed by atoms with van der Waals surface area (Å²) in [7, 11) is 0. The smallest absolute Gasteiger partial charge is 0.351 e. The molecular weight excluding hydrogens is 368 g/mol. The SMILES string of the molecule is CC(CO)NC(=O)Cn1c(-c2ccccc2)nn(-c2ccccc2Cl)c1=O. The van der Waals surface area contributed by atoms with Gasteiger partial charge in [0.1, 0.15) is 6.54 Å². The van der Waals surface area contributed by atoms with Crippen LogP contribution in [0.25, 0.3) is 17.1 Å². The molecule has 0 aliphatic heterocycles. The number of carbonyl (C=O) groups excluding carboxylic acids is 1. The van der Waals surface area contributed by atoms with Gasteiger partial charge in [-0.25, -0.2) is 4.79 Å². The van der Waals surface area contributed by atoms with E-state index in [-0.39, 0.29) is 13.2 Å². The van der Waals surface area contributed by atoms with Gasteiger partial charge in [0.25, 0.3) is 0 Å². The fraction of sp³-hybridized carbons (Fsp3) is 0.211. The first-order valence-corrected chi connectivity index (χ1v) is 8.79. The van der Waals surface area contributed by atoms with Gasteiger partial charge < -0.3 is 10.4 Å². The van der Waals surface area contributed by atoms with Crippen LogP contribution < -0.4 is 11.0 Å². The normalized spacial score (nSPS) is 12.0. The maximum atomic E-state index is 13.0. The Balaban J connectivity index is 2.09. The number of rotatable bonds is 6. The highest BCUT2D eigenvalue weighted by molar-refractivity contribution is 6.32. The molecule has 0 bridgehead atoms. The molecule has 2 N–H and O–H groups in total. The molecule has 27 heavy (non-hydrogen) atoms. The average molecular weight is 387 g/mol. The van der Waals surface area contributed by atoms with Gasteiger partial charge in [0.15, 0.2) is 5.82 Å². The lowest BCUT2D eigenvalue weighted by Crippen LogP contribution is -2.39. The van der Waals surface area contributed by atoms with E-state index in [0.717, 1.165) is 0 Å². The van der Waals surface area contributed by atoms with E-state index in [9.17, 15) is 9.59 Å². The Kier molecular flexibility index (Phi) is 5.73. The van der Waals surface area contributed by atoms with E-state index in [1.807, 2.05) is 30.3 Å². The first-order chi connectivity index (χ1) is 13.0. The highest BCUT2D eigenvalue weighted by Gasteiger charge is 2.20. The van der Waals surface area contributed by atoms with E-state index < -0.39 is 17.6 Å². The van der Waals surface area contributed by atoms with Gasteiger partial charge in [-0.05, 0) is 19.1 Å². The van der Waals surface area contributed by atoms with Crippen molar-refractivity contribution in [2.24, 2.45) is 0 Å². The maximum Gasteiger partial charge on any atom is 0.351 e. The molecule has 1 heterocycles. The molecule has 3 rings (SSSR count). The van der Waals surface area contributed by atoms with Crippen molar-refractivity contribution in [2.45, 2.75) is 19.5 Å². The summed E-state index contributed by atoms with van der Waals surface area (Å²) < 4.78 is 2.48. The molecule has 0 spiro atoms. The molecule has 0 saturated carbocycles. The van der Waals surface area contributed by atoms with E-state index in [4.69, 9.17) is 16.7 Å². The third kappa shape index (κ3) is 4.10. The largest absolute Gasteiger partial charge is 0.394 e. The van der Waals surface area contributed by atoms with Crippen LogP contribution >= 0.6 is 11.6 Å². The van der Waals surface area contributed by atoms with E-state index >= 15 is 0 Å². The summed E-state index contributed by atoms with van der Waals surface area (Å²) >= 11 is 6.22. The lowest BCUT2D eigenvalue weighted by atomic mass is 10.2. The van der Waals surface area contributed by atoms with Crippen molar-refractivity contribution in [1.29, 1.82) is 0 Å². The molecule has 1 amide bonds. The number of nitrogens with one attached hydrogen (secondary N) is 1. The summed E-state index contributed by atoms with van der Waals surface area (Å²) in [5.74, 6) is -0.0399. The van der Waals surface area contributed by atoms with Crippen molar-refractivity contribution >= 4 is 17.5 Å². The highest BCUT2D eigenvalue weighted by atomic mass is 35.5. The second-order valence-electron chi connectivity index (χ2n) is 6.07. The van der Waals surface area contributed by atoms with Crippen LogP contribution in [0.3, 0.4) is 0 Å². The number of benzene rings is 2. The van der Waals surface area contributed by atoms with E-state index in [0.29, 0.717) is 22.1 Å². The van der Waals surface area contributed by atoms with Crippen molar-refractivity contribution in [3.63, 3.8) is 0 Å². The molecule has 2 aromatic carbocycles. The number of hydrogen-bond donors (Lipinski definition) is 2. The number of aliphatic hydroxyl groups excluding tert-OH is 1. The fourth-order valence-corrected chi connectivity index (χ4v) is 2.85. The van der Waals surface area contributed by atoms with Crippen LogP contribution in [0.5, 0.6) is 0 Å². The van der Waals surface area contributed by atoms with Crippen molar-refractivity contribution in [1.82, 2.24) is 19.7 Å². The maximum absolute atomic E-state index is 13.0. The van der Waals surface area contributed by atoms with Crippen molar-refractivity contribution in [3.05, 3.63) is 70.1 Å². The third-order valence-electron chi connectivity index (χ3n) is 3.96. The Morgan fingerprint density at radius 2 is 1.85 bits per heavy atom. The molecule has 3 aromatic rings. The monoisotopic (exact) mass is 386 g/mol. The van der Waals surface area contributed by atoms with Crippen LogP contribution in [0, 0.1) is 0 Å². The first-order valence-electron chi connectivity index (χ1n) is 8.41. The van der Waals surface area contributed by atoms with Gasteiger partial charge in [-0.3, -0.25) is 9.36 Å². The topological polar surface area (TPSA) is 89.2 Å². The Bertz CT molecular complexity index is 998. The van der Waals surface area contributed by atoms with Crippen LogP contribution in [-0.2, 0) is 11.3 Å². The third-order valence-corrected chi connectivity index (χ3v) is 4.28. The second kappa shape index (κ2) is 8.20. The number of amides is 1. The molecule has 140 valence electrons. The minimum absolute atomic E-state index is 0.189. The molecule has 8 heteroatoms. The van der Waals surface area contributed by atoms with Gasteiger partial charge in [0, 0.05) is 11.6 Å². The van der Waals surface area contributed by atoms with E-state index in [2.05, 4.69) is 10.4 Å². The standard InChI is InChI=1S/C19H19ClN4O3/c1-13(12-25)21-17(26)11-23-18(14-7-3-2-4-8-14)22-24(19(23)27)16-10-6-5-9-15(16)20/h2-10,13,25H,11-12H2,1H3,(H,21,26). The predicted octanol–water partition coefficient (Wildman–Crippen LogP) is 1.85. The quantitative estimate of drug-likeness (QED) is 0.676. The Morgan fingerprint density at radius 3 is 2.52 bits per heavy atom.